The molecule has 1 aromatic heterocycles. The van der Waals surface area contributed by atoms with Crippen LogP contribution in [0.1, 0.15) is 45.2 Å². The van der Waals surface area contributed by atoms with Crippen LogP contribution in [0, 0.1) is 6.92 Å². The molecular formula is C28H27N3O3. The summed E-state index contributed by atoms with van der Waals surface area (Å²) < 4.78 is 5.18. The number of fused-ring (bicyclic) bond motifs is 2. The third kappa shape index (κ3) is 3.92. The van der Waals surface area contributed by atoms with E-state index in [2.05, 4.69) is 16.4 Å². The van der Waals surface area contributed by atoms with E-state index in [4.69, 9.17) is 4.74 Å². The molecule has 0 unspecified atom stereocenters. The molecule has 5 rings (SSSR count). The van der Waals surface area contributed by atoms with Crippen molar-refractivity contribution in [2.24, 2.45) is 0 Å². The standard InChI is InChI=1S/C28H27N3O3/c1-18-26(23-9-5-6-10-24(23)30-18)27-21-7-3-4-8-22(21)28(33)31(27)16-15-25(32)29-17-19-11-13-20(34-2)14-12-19/h3-14,27,30H,15-17H2,1-2H3,(H,29,32)/t27-/m0/s1. The molecular weight excluding hydrogens is 426 g/mol. The first-order valence-corrected chi connectivity index (χ1v) is 11.4. The second kappa shape index (κ2) is 9.06. The quantitative estimate of drug-likeness (QED) is 0.425. The highest BCUT2D eigenvalue weighted by atomic mass is 16.5. The van der Waals surface area contributed by atoms with Gasteiger partial charge < -0.3 is 19.9 Å². The third-order valence-corrected chi connectivity index (χ3v) is 6.50. The van der Waals surface area contributed by atoms with Gasteiger partial charge in [0.1, 0.15) is 5.75 Å². The van der Waals surface area contributed by atoms with Gasteiger partial charge in [0, 0.05) is 47.2 Å². The summed E-state index contributed by atoms with van der Waals surface area (Å²) in [7, 11) is 1.62. The minimum atomic E-state index is -0.228. The number of methoxy groups -OCH3 is 1. The molecule has 0 radical (unpaired) electrons. The van der Waals surface area contributed by atoms with E-state index in [1.807, 2.05) is 78.6 Å². The number of nitrogens with one attached hydrogen (secondary N) is 2. The number of aromatic nitrogens is 1. The second-order valence-electron chi connectivity index (χ2n) is 8.57. The van der Waals surface area contributed by atoms with Crippen molar-refractivity contribution in [3.8, 4) is 5.75 Å². The van der Waals surface area contributed by atoms with Gasteiger partial charge in [0.2, 0.25) is 5.91 Å². The van der Waals surface area contributed by atoms with Crippen molar-refractivity contribution in [3.05, 3.63) is 101 Å². The van der Waals surface area contributed by atoms with Crippen LogP contribution < -0.4 is 10.1 Å². The summed E-state index contributed by atoms with van der Waals surface area (Å²) in [6.45, 7) is 2.81. The van der Waals surface area contributed by atoms with Crippen LogP contribution in [0.15, 0.2) is 72.8 Å². The molecule has 6 heteroatoms. The summed E-state index contributed by atoms with van der Waals surface area (Å²) in [6.07, 6.45) is 0.230. The van der Waals surface area contributed by atoms with E-state index in [-0.39, 0.29) is 24.3 Å². The Balaban J connectivity index is 1.36. The predicted octanol–water partition coefficient (Wildman–Crippen LogP) is 4.74. The lowest BCUT2D eigenvalue weighted by Gasteiger charge is -2.26. The highest BCUT2D eigenvalue weighted by Gasteiger charge is 2.39. The number of rotatable bonds is 7. The van der Waals surface area contributed by atoms with Crippen LogP contribution in [-0.4, -0.2) is 35.4 Å². The van der Waals surface area contributed by atoms with E-state index in [9.17, 15) is 9.59 Å². The molecule has 2 amide bonds. The van der Waals surface area contributed by atoms with E-state index in [1.165, 1.54) is 0 Å². The Morgan fingerprint density at radius 3 is 2.56 bits per heavy atom. The molecule has 0 spiro atoms. The number of nitrogens with zero attached hydrogens (tertiary/aromatic N) is 1. The van der Waals surface area contributed by atoms with Crippen molar-refractivity contribution >= 4 is 22.7 Å². The number of hydrogen-bond donors (Lipinski definition) is 2. The van der Waals surface area contributed by atoms with Crippen molar-refractivity contribution in [1.29, 1.82) is 0 Å². The Kier molecular flexibility index (Phi) is 5.80. The van der Waals surface area contributed by atoms with Gasteiger partial charge in [-0.3, -0.25) is 9.59 Å². The molecule has 0 saturated carbocycles. The summed E-state index contributed by atoms with van der Waals surface area (Å²) in [5.74, 6) is 0.656. The highest BCUT2D eigenvalue weighted by molar-refractivity contribution is 6.01. The van der Waals surface area contributed by atoms with E-state index in [0.717, 1.165) is 39.0 Å². The summed E-state index contributed by atoms with van der Waals surface area (Å²) in [4.78, 5) is 31.3. The van der Waals surface area contributed by atoms with E-state index >= 15 is 0 Å². The molecule has 0 bridgehead atoms. The number of carbonyl (C=O) groups is 2. The number of ether oxygens (including phenoxy) is 1. The molecule has 1 aliphatic rings. The fourth-order valence-electron chi connectivity index (χ4n) is 4.82. The Morgan fingerprint density at radius 1 is 1.03 bits per heavy atom. The number of aryl methyl sites for hydroxylation is 1. The molecule has 1 aliphatic heterocycles. The molecule has 34 heavy (non-hydrogen) atoms. The summed E-state index contributed by atoms with van der Waals surface area (Å²) >= 11 is 0. The number of aromatic amines is 1. The van der Waals surface area contributed by atoms with Gasteiger partial charge in [0.15, 0.2) is 0 Å². The number of carbonyl (C=O) groups excluding carboxylic acids is 2. The fourth-order valence-corrected chi connectivity index (χ4v) is 4.82. The Labute approximate surface area is 198 Å². The lowest BCUT2D eigenvalue weighted by atomic mass is 9.95. The van der Waals surface area contributed by atoms with Crippen LogP contribution in [0.3, 0.4) is 0 Å². The topological polar surface area (TPSA) is 74.4 Å². The lowest BCUT2D eigenvalue weighted by molar-refractivity contribution is -0.121. The van der Waals surface area contributed by atoms with E-state index < -0.39 is 0 Å². The van der Waals surface area contributed by atoms with Gasteiger partial charge in [0.05, 0.1) is 13.2 Å². The zero-order valence-corrected chi connectivity index (χ0v) is 19.3. The monoisotopic (exact) mass is 453 g/mol. The fraction of sp³-hybridized carbons (Fsp3) is 0.214. The number of para-hydroxylation sites is 1. The van der Waals surface area contributed by atoms with Gasteiger partial charge in [-0.1, -0.05) is 48.5 Å². The molecule has 0 fully saturated rings. The summed E-state index contributed by atoms with van der Waals surface area (Å²) in [6, 6.07) is 23.3. The van der Waals surface area contributed by atoms with Crippen LogP contribution in [0.4, 0.5) is 0 Å². The molecule has 2 heterocycles. The van der Waals surface area contributed by atoms with Crippen LogP contribution >= 0.6 is 0 Å². The number of benzene rings is 3. The average molecular weight is 454 g/mol. The zero-order valence-electron chi connectivity index (χ0n) is 19.3. The van der Waals surface area contributed by atoms with Gasteiger partial charge in [0.25, 0.3) is 5.91 Å². The van der Waals surface area contributed by atoms with Gasteiger partial charge in [-0.2, -0.15) is 0 Å². The maximum atomic E-state index is 13.4. The lowest BCUT2D eigenvalue weighted by Crippen LogP contribution is -2.34. The van der Waals surface area contributed by atoms with Crippen molar-refractivity contribution in [3.63, 3.8) is 0 Å². The van der Waals surface area contributed by atoms with E-state index in [0.29, 0.717) is 18.7 Å². The summed E-state index contributed by atoms with van der Waals surface area (Å²) in [5.41, 5.74) is 5.85. The van der Waals surface area contributed by atoms with Crippen LogP contribution in [0.25, 0.3) is 10.9 Å². The summed E-state index contributed by atoms with van der Waals surface area (Å²) in [5, 5.41) is 4.06. The van der Waals surface area contributed by atoms with Crippen LogP contribution in [0.2, 0.25) is 0 Å². The smallest absolute Gasteiger partial charge is 0.255 e. The molecule has 172 valence electrons. The molecule has 2 N–H and O–H groups in total. The first-order valence-electron chi connectivity index (χ1n) is 11.4. The highest BCUT2D eigenvalue weighted by Crippen LogP contribution is 2.42. The van der Waals surface area contributed by atoms with Crippen molar-refractivity contribution in [2.45, 2.75) is 25.9 Å². The van der Waals surface area contributed by atoms with Gasteiger partial charge in [-0.25, -0.2) is 0 Å². The number of amides is 2. The Morgan fingerprint density at radius 2 is 1.76 bits per heavy atom. The Bertz CT molecular complexity index is 1360. The van der Waals surface area contributed by atoms with Crippen LogP contribution in [-0.2, 0) is 11.3 Å². The predicted molar refractivity (Wildman–Crippen MR) is 132 cm³/mol. The second-order valence-corrected chi connectivity index (χ2v) is 8.57. The molecule has 4 aromatic rings. The normalized spacial score (nSPS) is 14.9. The minimum Gasteiger partial charge on any atom is -0.497 e. The van der Waals surface area contributed by atoms with Gasteiger partial charge in [-0.15, -0.1) is 0 Å². The Hall–Kier alpha value is -4.06. The number of hydrogen-bond acceptors (Lipinski definition) is 3. The van der Waals surface area contributed by atoms with Crippen LogP contribution in [0.5, 0.6) is 5.75 Å². The average Bonchev–Trinajstić information content (AvgIpc) is 3.34. The van der Waals surface area contributed by atoms with Crippen molar-refractivity contribution < 1.29 is 14.3 Å². The van der Waals surface area contributed by atoms with Gasteiger partial charge in [-0.05, 0) is 42.3 Å². The maximum absolute atomic E-state index is 13.4. The van der Waals surface area contributed by atoms with E-state index in [1.54, 1.807) is 7.11 Å². The molecule has 6 nitrogen and oxygen atoms in total. The maximum Gasteiger partial charge on any atom is 0.255 e. The first-order chi connectivity index (χ1) is 16.6. The van der Waals surface area contributed by atoms with Crippen molar-refractivity contribution in [2.75, 3.05) is 13.7 Å². The number of H-pyrrole nitrogens is 1. The molecule has 0 saturated heterocycles. The first kappa shape index (κ1) is 21.8. The van der Waals surface area contributed by atoms with Gasteiger partial charge >= 0.3 is 0 Å². The van der Waals surface area contributed by atoms with Crippen molar-refractivity contribution in [1.82, 2.24) is 15.2 Å². The molecule has 0 aliphatic carbocycles. The molecule has 3 aromatic carbocycles. The molecule has 1 atom stereocenters. The zero-order chi connectivity index (χ0) is 23.7. The minimum absolute atomic E-state index is 0.0340. The largest absolute Gasteiger partial charge is 0.497 e. The third-order valence-electron chi connectivity index (χ3n) is 6.50. The SMILES string of the molecule is COc1ccc(CNC(=O)CCN2C(=O)c3ccccc3[C@H]2c2c(C)[nH]c3ccccc23)cc1.